The summed E-state index contributed by atoms with van der Waals surface area (Å²) < 4.78 is 9.99. The fourth-order valence-corrected chi connectivity index (χ4v) is 3.10. The summed E-state index contributed by atoms with van der Waals surface area (Å²) >= 11 is 1.24. The lowest BCUT2D eigenvalue weighted by atomic mass is 10.1. The van der Waals surface area contributed by atoms with Crippen LogP contribution in [-0.4, -0.2) is 35.9 Å². The third kappa shape index (κ3) is 4.63. The number of anilines is 2. The van der Waals surface area contributed by atoms with Gasteiger partial charge in [-0.3, -0.25) is 15.4 Å². The first-order valence-corrected chi connectivity index (χ1v) is 9.24. The topological polar surface area (TPSA) is 102 Å². The molecule has 1 aromatic heterocycles. The molecule has 0 aliphatic rings. The number of hydrogen-bond acceptors (Lipinski definition) is 7. The highest BCUT2D eigenvalue weighted by Gasteiger charge is 2.16. The molecule has 0 saturated carbocycles. The third-order valence-corrected chi connectivity index (χ3v) is 4.55. The van der Waals surface area contributed by atoms with Crippen LogP contribution in [0.3, 0.4) is 0 Å². The van der Waals surface area contributed by atoms with E-state index >= 15 is 0 Å². The van der Waals surface area contributed by atoms with Gasteiger partial charge in [0.25, 0.3) is 5.91 Å². The van der Waals surface area contributed by atoms with Gasteiger partial charge in [0, 0.05) is 5.56 Å². The van der Waals surface area contributed by atoms with Crippen LogP contribution < -0.4 is 15.4 Å². The smallest absolute Gasteiger partial charge is 0.411 e. The zero-order valence-corrected chi connectivity index (χ0v) is 16.1. The first-order chi connectivity index (χ1) is 13.6. The first-order valence-electron chi connectivity index (χ1n) is 8.42. The Hall–Kier alpha value is -3.46. The Balaban J connectivity index is 1.73. The molecular weight excluding hydrogens is 380 g/mol. The molecule has 0 aliphatic heterocycles. The van der Waals surface area contributed by atoms with Crippen LogP contribution in [0.4, 0.5) is 15.6 Å². The van der Waals surface area contributed by atoms with E-state index < -0.39 is 12.0 Å². The summed E-state index contributed by atoms with van der Waals surface area (Å²) in [5.41, 5.74) is 1.50. The quantitative estimate of drug-likeness (QED) is 0.650. The highest BCUT2D eigenvalue weighted by molar-refractivity contribution is 7.18. The Kier molecular flexibility index (Phi) is 6.18. The first kappa shape index (κ1) is 19.3. The van der Waals surface area contributed by atoms with Crippen molar-refractivity contribution in [3.63, 3.8) is 0 Å². The largest absolute Gasteiger partial charge is 0.497 e. The van der Waals surface area contributed by atoms with Gasteiger partial charge in [0.2, 0.25) is 5.13 Å². The van der Waals surface area contributed by atoms with Crippen LogP contribution in [0.2, 0.25) is 0 Å². The number of ether oxygens (including phenoxy) is 2. The van der Waals surface area contributed by atoms with Crippen molar-refractivity contribution >= 4 is 34.2 Å². The second kappa shape index (κ2) is 8.96. The number of nitrogens with zero attached hydrogens (tertiary/aromatic N) is 2. The van der Waals surface area contributed by atoms with Crippen molar-refractivity contribution in [3.05, 3.63) is 54.1 Å². The van der Waals surface area contributed by atoms with Crippen LogP contribution in [0.25, 0.3) is 10.6 Å². The van der Waals surface area contributed by atoms with Crippen LogP contribution in [-0.2, 0) is 4.74 Å². The molecule has 3 aromatic rings. The van der Waals surface area contributed by atoms with Crippen molar-refractivity contribution in [3.8, 4) is 16.3 Å². The zero-order valence-electron chi connectivity index (χ0n) is 15.3. The lowest BCUT2D eigenvalue weighted by Gasteiger charge is -2.10. The second-order valence-corrected chi connectivity index (χ2v) is 6.46. The number of benzene rings is 2. The second-order valence-electron chi connectivity index (χ2n) is 5.49. The Morgan fingerprint density at radius 1 is 1.04 bits per heavy atom. The Bertz CT molecular complexity index is 972. The molecule has 0 bridgehead atoms. The van der Waals surface area contributed by atoms with E-state index in [-0.39, 0.29) is 12.2 Å². The van der Waals surface area contributed by atoms with Gasteiger partial charge >= 0.3 is 6.09 Å². The van der Waals surface area contributed by atoms with Crippen molar-refractivity contribution in [1.82, 2.24) is 10.2 Å². The monoisotopic (exact) mass is 398 g/mol. The van der Waals surface area contributed by atoms with E-state index in [0.717, 1.165) is 11.3 Å². The van der Waals surface area contributed by atoms with E-state index in [1.54, 1.807) is 38.3 Å². The highest BCUT2D eigenvalue weighted by Crippen LogP contribution is 2.28. The predicted molar refractivity (Wildman–Crippen MR) is 107 cm³/mol. The molecule has 1 heterocycles. The minimum Gasteiger partial charge on any atom is -0.497 e. The van der Waals surface area contributed by atoms with Gasteiger partial charge in [-0.05, 0) is 43.3 Å². The number of methoxy groups -OCH3 is 1. The van der Waals surface area contributed by atoms with Gasteiger partial charge in [-0.1, -0.05) is 23.5 Å². The van der Waals surface area contributed by atoms with Gasteiger partial charge in [0.15, 0.2) is 0 Å². The summed E-state index contributed by atoms with van der Waals surface area (Å²) in [7, 11) is 1.60. The van der Waals surface area contributed by atoms with Crippen molar-refractivity contribution in [1.29, 1.82) is 0 Å². The number of para-hydroxylation sites is 1. The molecule has 0 saturated heterocycles. The number of hydrogen-bond donors (Lipinski definition) is 2. The van der Waals surface area contributed by atoms with Gasteiger partial charge < -0.3 is 9.47 Å². The molecule has 2 amide bonds. The van der Waals surface area contributed by atoms with Gasteiger partial charge in [-0.25, -0.2) is 4.79 Å². The summed E-state index contributed by atoms with van der Waals surface area (Å²) in [6, 6.07) is 14.0. The molecule has 0 fully saturated rings. The van der Waals surface area contributed by atoms with Crippen molar-refractivity contribution in [2.24, 2.45) is 0 Å². The molecular formula is C19H18N4O4S. The molecule has 2 N–H and O–H groups in total. The molecule has 9 heteroatoms. The highest BCUT2D eigenvalue weighted by atomic mass is 32.1. The molecule has 3 rings (SSSR count). The molecule has 28 heavy (non-hydrogen) atoms. The molecule has 8 nitrogen and oxygen atoms in total. The summed E-state index contributed by atoms with van der Waals surface area (Å²) in [5, 5.41) is 14.4. The average molecular weight is 398 g/mol. The van der Waals surface area contributed by atoms with Gasteiger partial charge in [-0.15, -0.1) is 10.2 Å². The summed E-state index contributed by atoms with van der Waals surface area (Å²) in [6.45, 7) is 1.94. The van der Waals surface area contributed by atoms with Crippen LogP contribution in [0.5, 0.6) is 5.75 Å². The number of aromatic nitrogens is 2. The van der Waals surface area contributed by atoms with E-state index in [1.165, 1.54) is 11.3 Å². The normalized spacial score (nSPS) is 10.2. The minimum atomic E-state index is -0.625. The summed E-state index contributed by atoms with van der Waals surface area (Å²) in [6.07, 6.45) is -0.625. The van der Waals surface area contributed by atoms with E-state index in [4.69, 9.17) is 9.47 Å². The predicted octanol–water partition coefficient (Wildman–Crippen LogP) is 4.03. The van der Waals surface area contributed by atoms with Gasteiger partial charge in [0.1, 0.15) is 10.8 Å². The Morgan fingerprint density at radius 2 is 1.79 bits per heavy atom. The van der Waals surface area contributed by atoms with Gasteiger partial charge in [0.05, 0.1) is 25.0 Å². The lowest BCUT2D eigenvalue weighted by molar-refractivity contribution is 0.102. The number of amides is 2. The number of rotatable bonds is 6. The SMILES string of the molecule is CCOC(=O)Nc1ccccc1C(=O)Nc1nnc(-c2ccc(OC)cc2)s1. The van der Waals surface area contributed by atoms with E-state index in [9.17, 15) is 9.59 Å². The molecule has 0 spiro atoms. The molecule has 0 atom stereocenters. The minimum absolute atomic E-state index is 0.235. The standard InChI is InChI=1S/C19H18N4O4S/c1-3-27-19(25)20-15-7-5-4-6-14(15)16(24)21-18-23-22-17(28-18)12-8-10-13(26-2)11-9-12/h4-11H,3H2,1-2H3,(H,20,25)(H,21,23,24). The van der Waals surface area contributed by atoms with Crippen LogP contribution in [0, 0.1) is 0 Å². The summed E-state index contributed by atoms with van der Waals surface area (Å²) in [5.74, 6) is 0.331. The Morgan fingerprint density at radius 3 is 2.50 bits per heavy atom. The van der Waals surface area contributed by atoms with E-state index in [2.05, 4.69) is 20.8 Å². The number of carbonyl (C=O) groups excluding carboxylic acids is 2. The van der Waals surface area contributed by atoms with Crippen molar-refractivity contribution in [2.45, 2.75) is 6.92 Å². The van der Waals surface area contributed by atoms with Crippen molar-refractivity contribution in [2.75, 3.05) is 24.4 Å². The molecule has 144 valence electrons. The molecule has 2 aromatic carbocycles. The number of nitrogens with one attached hydrogen (secondary N) is 2. The third-order valence-electron chi connectivity index (χ3n) is 3.67. The number of carbonyl (C=O) groups is 2. The fraction of sp³-hybridized carbons (Fsp3) is 0.158. The van der Waals surface area contributed by atoms with Crippen LogP contribution >= 0.6 is 11.3 Å². The molecule has 0 radical (unpaired) electrons. The average Bonchev–Trinajstić information content (AvgIpc) is 3.17. The van der Waals surface area contributed by atoms with E-state index in [0.29, 0.717) is 15.8 Å². The van der Waals surface area contributed by atoms with Crippen molar-refractivity contribution < 1.29 is 19.1 Å². The Labute approximate surface area is 165 Å². The maximum absolute atomic E-state index is 12.6. The fourth-order valence-electron chi connectivity index (χ4n) is 2.36. The van der Waals surface area contributed by atoms with Crippen LogP contribution in [0.15, 0.2) is 48.5 Å². The van der Waals surface area contributed by atoms with Crippen LogP contribution in [0.1, 0.15) is 17.3 Å². The lowest BCUT2D eigenvalue weighted by Crippen LogP contribution is -2.18. The maximum atomic E-state index is 12.6. The molecule has 0 aliphatic carbocycles. The summed E-state index contributed by atoms with van der Waals surface area (Å²) in [4.78, 5) is 24.3. The maximum Gasteiger partial charge on any atom is 0.411 e. The molecule has 0 unspecified atom stereocenters. The zero-order chi connectivity index (χ0) is 19.9. The van der Waals surface area contributed by atoms with E-state index in [1.807, 2.05) is 24.3 Å². The van der Waals surface area contributed by atoms with Gasteiger partial charge in [-0.2, -0.15) is 0 Å².